The number of carboxylic acid groups (broad SMARTS) is 1. The summed E-state index contributed by atoms with van der Waals surface area (Å²) < 4.78 is 0. The summed E-state index contributed by atoms with van der Waals surface area (Å²) in [6.07, 6.45) is 0.140. The Kier molecular flexibility index (Phi) is 8.08. The van der Waals surface area contributed by atoms with Crippen LogP contribution < -0.4 is 16.4 Å². The quantitative estimate of drug-likeness (QED) is 0.315. The molecule has 0 bridgehead atoms. The smallest absolute Gasteiger partial charge is 0.353 e. The van der Waals surface area contributed by atoms with Crippen LogP contribution in [0.3, 0.4) is 0 Å². The maximum atomic E-state index is 11.6. The maximum Gasteiger partial charge on any atom is 0.353 e. The van der Waals surface area contributed by atoms with Crippen LogP contribution in [-0.4, -0.2) is 58.8 Å². The molecule has 6 N–H and O–H groups in total. The minimum absolute atomic E-state index is 0.273. The standard InChI is InChI=1S/C9H17N3O5S/c1-18-3-2-5(11-6(13)4-10)7(14)12-8(15)9(16)17/h5,8,15H,2-4,10H2,1H3,(H,11,13)(H,12,14)(H,16,17)/t5-,8?/m0/s1. The number of carbonyl (C=O) groups is 3. The monoisotopic (exact) mass is 279 g/mol. The van der Waals surface area contributed by atoms with Gasteiger partial charge in [0.1, 0.15) is 6.04 Å². The molecule has 2 atom stereocenters. The summed E-state index contributed by atoms with van der Waals surface area (Å²) in [5, 5.41) is 21.7. The third kappa shape index (κ3) is 6.42. The topological polar surface area (TPSA) is 142 Å². The van der Waals surface area contributed by atoms with Gasteiger partial charge in [-0.15, -0.1) is 0 Å². The summed E-state index contributed by atoms with van der Waals surface area (Å²) in [6.45, 7) is -0.273. The second-order valence-electron chi connectivity index (χ2n) is 3.36. The molecule has 1 unspecified atom stereocenters. The van der Waals surface area contributed by atoms with E-state index in [-0.39, 0.29) is 6.54 Å². The lowest BCUT2D eigenvalue weighted by Gasteiger charge is -2.18. The van der Waals surface area contributed by atoms with Gasteiger partial charge in [-0.2, -0.15) is 11.8 Å². The lowest BCUT2D eigenvalue weighted by Crippen LogP contribution is -2.52. The molecular formula is C9H17N3O5S. The van der Waals surface area contributed by atoms with Gasteiger partial charge in [-0.3, -0.25) is 9.59 Å². The maximum absolute atomic E-state index is 11.6. The van der Waals surface area contributed by atoms with Gasteiger partial charge in [0.25, 0.3) is 0 Å². The number of hydrogen-bond donors (Lipinski definition) is 5. The highest BCUT2D eigenvalue weighted by atomic mass is 32.2. The van der Waals surface area contributed by atoms with Gasteiger partial charge in [-0.05, 0) is 18.4 Å². The van der Waals surface area contributed by atoms with Crippen molar-refractivity contribution >= 4 is 29.5 Å². The number of rotatable bonds is 8. The average molecular weight is 279 g/mol. The molecule has 2 amide bonds. The molecule has 0 fully saturated rings. The van der Waals surface area contributed by atoms with Gasteiger partial charge in [-0.25, -0.2) is 4.79 Å². The molecule has 0 aliphatic rings. The number of aliphatic hydroxyl groups is 1. The Morgan fingerprint density at radius 1 is 1.33 bits per heavy atom. The van der Waals surface area contributed by atoms with Crippen molar-refractivity contribution in [3.8, 4) is 0 Å². The molecular weight excluding hydrogens is 262 g/mol. The molecule has 9 heteroatoms. The lowest BCUT2D eigenvalue weighted by atomic mass is 10.2. The van der Waals surface area contributed by atoms with Crippen LogP contribution in [0.15, 0.2) is 0 Å². The number of nitrogens with one attached hydrogen (secondary N) is 2. The van der Waals surface area contributed by atoms with Crippen LogP contribution >= 0.6 is 11.8 Å². The highest BCUT2D eigenvalue weighted by Crippen LogP contribution is 2.01. The largest absolute Gasteiger partial charge is 0.478 e. The molecule has 0 rings (SSSR count). The minimum atomic E-state index is -2.00. The number of nitrogens with two attached hydrogens (primary N) is 1. The summed E-state index contributed by atoms with van der Waals surface area (Å²) in [4.78, 5) is 33.1. The van der Waals surface area contributed by atoms with Crippen molar-refractivity contribution in [1.29, 1.82) is 0 Å². The third-order valence-electron chi connectivity index (χ3n) is 1.96. The van der Waals surface area contributed by atoms with Gasteiger partial charge in [0.05, 0.1) is 6.54 Å². The fraction of sp³-hybridized carbons (Fsp3) is 0.667. The molecule has 0 aliphatic heterocycles. The van der Waals surface area contributed by atoms with Crippen molar-refractivity contribution in [2.45, 2.75) is 18.7 Å². The van der Waals surface area contributed by atoms with Crippen molar-refractivity contribution in [3.63, 3.8) is 0 Å². The Morgan fingerprint density at radius 2 is 1.94 bits per heavy atom. The Balaban J connectivity index is 4.48. The number of carbonyl (C=O) groups excluding carboxylic acids is 2. The fourth-order valence-electron chi connectivity index (χ4n) is 1.05. The van der Waals surface area contributed by atoms with Crippen LogP contribution in [0, 0.1) is 0 Å². The van der Waals surface area contributed by atoms with Crippen LogP contribution in [0.2, 0.25) is 0 Å². The summed E-state index contributed by atoms with van der Waals surface area (Å²) in [6, 6.07) is -0.914. The predicted octanol–water partition coefficient (Wildman–Crippen LogP) is -2.30. The predicted molar refractivity (Wildman–Crippen MR) is 65.8 cm³/mol. The molecule has 0 heterocycles. The van der Waals surface area contributed by atoms with Crippen molar-refractivity contribution in [1.82, 2.24) is 10.6 Å². The molecule has 18 heavy (non-hydrogen) atoms. The molecule has 0 aromatic carbocycles. The first-order chi connectivity index (χ1) is 8.42. The first kappa shape index (κ1) is 16.7. The number of amides is 2. The van der Waals surface area contributed by atoms with Crippen molar-refractivity contribution in [2.24, 2.45) is 5.73 Å². The zero-order valence-electron chi connectivity index (χ0n) is 9.88. The minimum Gasteiger partial charge on any atom is -0.478 e. The molecule has 0 saturated heterocycles. The summed E-state index contributed by atoms with van der Waals surface area (Å²) in [5.74, 6) is -2.27. The average Bonchev–Trinajstić information content (AvgIpc) is 2.33. The highest BCUT2D eigenvalue weighted by molar-refractivity contribution is 7.98. The zero-order chi connectivity index (χ0) is 14.1. The summed E-state index contributed by atoms with van der Waals surface area (Å²) in [7, 11) is 0. The molecule has 0 aliphatic carbocycles. The van der Waals surface area contributed by atoms with Crippen LogP contribution in [0.25, 0.3) is 0 Å². The molecule has 0 spiro atoms. The normalized spacial score (nSPS) is 13.5. The number of carboxylic acids is 1. The Labute approximate surface area is 108 Å². The Bertz CT molecular complexity index is 313. The summed E-state index contributed by atoms with van der Waals surface area (Å²) >= 11 is 1.47. The molecule has 0 radical (unpaired) electrons. The molecule has 8 nitrogen and oxygen atoms in total. The van der Waals surface area contributed by atoms with Gasteiger partial charge in [-0.1, -0.05) is 0 Å². The molecule has 0 saturated carbocycles. The van der Waals surface area contributed by atoms with Gasteiger partial charge in [0, 0.05) is 0 Å². The molecule has 0 aromatic rings. The molecule has 0 aromatic heterocycles. The van der Waals surface area contributed by atoms with E-state index in [1.54, 1.807) is 0 Å². The van der Waals surface area contributed by atoms with Gasteiger partial charge in [0.2, 0.25) is 18.0 Å². The second kappa shape index (κ2) is 8.72. The third-order valence-corrected chi connectivity index (χ3v) is 2.60. The lowest BCUT2D eigenvalue weighted by molar-refractivity contribution is -0.151. The first-order valence-corrected chi connectivity index (χ1v) is 6.51. The van der Waals surface area contributed by atoms with E-state index < -0.39 is 30.1 Å². The van der Waals surface area contributed by atoms with Crippen LogP contribution in [0.5, 0.6) is 0 Å². The van der Waals surface area contributed by atoms with E-state index in [4.69, 9.17) is 15.9 Å². The number of hydrogen-bond acceptors (Lipinski definition) is 6. The SMILES string of the molecule is CSCC[C@H](NC(=O)CN)C(=O)NC(O)C(=O)O. The van der Waals surface area contributed by atoms with E-state index in [2.05, 4.69) is 5.32 Å². The van der Waals surface area contributed by atoms with Crippen LogP contribution in [0.4, 0.5) is 0 Å². The van der Waals surface area contributed by atoms with E-state index in [0.717, 1.165) is 0 Å². The number of aliphatic hydroxyl groups excluding tert-OH is 1. The van der Waals surface area contributed by atoms with Gasteiger partial charge < -0.3 is 26.6 Å². The van der Waals surface area contributed by atoms with E-state index >= 15 is 0 Å². The van der Waals surface area contributed by atoms with Gasteiger partial charge in [0.15, 0.2) is 0 Å². The molecule has 104 valence electrons. The van der Waals surface area contributed by atoms with Crippen molar-refractivity contribution < 1.29 is 24.6 Å². The van der Waals surface area contributed by atoms with E-state index in [1.165, 1.54) is 11.8 Å². The second-order valence-corrected chi connectivity index (χ2v) is 4.34. The number of thioether (sulfide) groups is 1. The Hall–Kier alpha value is -1.32. The Morgan fingerprint density at radius 3 is 2.39 bits per heavy atom. The number of aliphatic carboxylic acids is 1. The van der Waals surface area contributed by atoms with E-state index in [0.29, 0.717) is 12.2 Å². The van der Waals surface area contributed by atoms with Crippen molar-refractivity contribution in [3.05, 3.63) is 0 Å². The fourth-order valence-corrected chi connectivity index (χ4v) is 1.53. The van der Waals surface area contributed by atoms with E-state index in [9.17, 15) is 14.4 Å². The van der Waals surface area contributed by atoms with Crippen molar-refractivity contribution in [2.75, 3.05) is 18.6 Å². The van der Waals surface area contributed by atoms with Crippen LogP contribution in [-0.2, 0) is 14.4 Å². The van der Waals surface area contributed by atoms with Gasteiger partial charge >= 0.3 is 5.97 Å². The summed E-state index contributed by atoms with van der Waals surface area (Å²) in [5.41, 5.74) is 5.11. The van der Waals surface area contributed by atoms with Crippen LogP contribution in [0.1, 0.15) is 6.42 Å². The first-order valence-electron chi connectivity index (χ1n) is 5.12. The zero-order valence-corrected chi connectivity index (χ0v) is 10.7. The van der Waals surface area contributed by atoms with E-state index in [1.807, 2.05) is 11.6 Å². The highest BCUT2D eigenvalue weighted by Gasteiger charge is 2.24.